The molecule has 0 spiro atoms. The number of nitrogens with zero attached hydrogens (tertiary/aromatic N) is 2. The van der Waals surface area contributed by atoms with Crippen molar-refractivity contribution in [2.24, 2.45) is 4.99 Å². The minimum Gasteiger partial charge on any atom is -0.357 e. The third-order valence-corrected chi connectivity index (χ3v) is 4.20. The monoisotopic (exact) mass is 325 g/mol. The first-order chi connectivity index (χ1) is 10.4. The highest BCUT2D eigenvalue weighted by Crippen LogP contribution is 2.07. The summed E-state index contributed by atoms with van der Waals surface area (Å²) in [6.45, 7) is 5.89. The van der Waals surface area contributed by atoms with E-state index >= 15 is 0 Å². The van der Waals surface area contributed by atoms with Gasteiger partial charge in [-0.2, -0.15) is 0 Å². The number of nitrogens with one attached hydrogen (secondary N) is 1. The van der Waals surface area contributed by atoms with E-state index < -0.39 is 9.84 Å². The first-order valence-electron chi connectivity index (χ1n) is 7.60. The van der Waals surface area contributed by atoms with Crippen LogP contribution in [0.5, 0.6) is 0 Å². The second-order valence-corrected chi connectivity index (χ2v) is 7.65. The van der Waals surface area contributed by atoms with Gasteiger partial charge in [0.25, 0.3) is 0 Å². The summed E-state index contributed by atoms with van der Waals surface area (Å²) in [6, 6.07) is 8.51. The van der Waals surface area contributed by atoms with Crippen LogP contribution in [0.2, 0.25) is 0 Å². The van der Waals surface area contributed by atoms with Crippen molar-refractivity contribution < 1.29 is 8.42 Å². The first-order valence-corrected chi connectivity index (χ1v) is 9.66. The van der Waals surface area contributed by atoms with Gasteiger partial charge in [0.1, 0.15) is 9.84 Å². The number of aliphatic imine (C=N–C) groups is 1. The third-order valence-electron chi connectivity index (χ3n) is 3.27. The second-order valence-electron chi connectivity index (χ2n) is 5.39. The molecule has 0 fully saturated rings. The third kappa shape index (κ3) is 6.93. The van der Waals surface area contributed by atoms with Crippen LogP contribution >= 0.6 is 0 Å². The van der Waals surface area contributed by atoms with Crippen molar-refractivity contribution in [3.05, 3.63) is 35.4 Å². The fraction of sp³-hybridized carbons (Fsp3) is 0.562. The zero-order valence-electron chi connectivity index (χ0n) is 14.0. The molecule has 124 valence electrons. The quantitative estimate of drug-likeness (QED) is 0.612. The molecular formula is C16H27N3O2S. The topological polar surface area (TPSA) is 61.8 Å². The lowest BCUT2D eigenvalue weighted by atomic mass is 10.1. The summed E-state index contributed by atoms with van der Waals surface area (Å²) < 4.78 is 22.4. The van der Waals surface area contributed by atoms with Crippen LogP contribution in [-0.2, 0) is 22.8 Å². The van der Waals surface area contributed by atoms with Crippen molar-refractivity contribution in [1.29, 1.82) is 0 Å². The highest BCUT2D eigenvalue weighted by molar-refractivity contribution is 7.90. The molecule has 0 heterocycles. The first kappa shape index (κ1) is 18.5. The molecule has 0 aliphatic heterocycles. The predicted molar refractivity (Wildman–Crippen MR) is 93.0 cm³/mol. The van der Waals surface area contributed by atoms with Crippen molar-refractivity contribution >= 4 is 15.8 Å². The molecule has 22 heavy (non-hydrogen) atoms. The van der Waals surface area contributed by atoms with Gasteiger partial charge in [0.15, 0.2) is 5.96 Å². The maximum absolute atomic E-state index is 11.2. The van der Waals surface area contributed by atoms with E-state index in [2.05, 4.69) is 41.5 Å². The van der Waals surface area contributed by atoms with Gasteiger partial charge in [0.2, 0.25) is 0 Å². The van der Waals surface area contributed by atoms with E-state index in [-0.39, 0.29) is 12.3 Å². The van der Waals surface area contributed by atoms with Gasteiger partial charge in [-0.25, -0.2) is 8.42 Å². The molecule has 0 aliphatic carbocycles. The van der Waals surface area contributed by atoms with Gasteiger partial charge in [-0.05, 0) is 24.5 Å². The number of hydrogen-bond donors (Lipinski definition) is 1. The van der Waals surface area contributed by atoms with E-state index in [1.807, 2.05) is 18.9 Å². The number of rotatable bonds is 7. The number of benzene rings is 1. The lowest BCUT2D eigenvalue weighted by Crippen LogP contribution is -2.38. The highest BCUT2D eigenvalue weighted by atomic mass is 32.2. The van der Waals surface area contributed by atoms with Crippen molar-refractivity contribution in [3.8, 4) is 0 Å². The summed E-state index contributed by atoms with van der Waals surface area (Å²) >= 11 is 0. The number of guanidine groups is 1. The molecule has 1 aromatic rings. The van der Waals surface area contributed by atoms with Gasteiger partial charge in [-0.1, -0.05) is 31.2 Å². The Labute approximate surface area is 134 Å². The van der Waals surface area contributed by atoms with Gasteiger partial charge in [0.05, 0.1) is 12.3 Å². The Hall–Kier alpha value is -1.56. The maximum atomic E-state index is 11.2. The van der Waals surface area contributed by atoms with Gasteiger partial charge in [-0.15, -0.1) is 0 Å². The summed E-state index contributed by atoms with van der Waals surface area (Å²) in [7, 11) is -1.03. The molecule has 1 aromatic carbocycles. The molecule has 6 heteroatoms. The van der Waals surface area contributed by atoms with Gasteiger partial charge in [-0.3, -0.25) is 4.99 Å². The summed E-state index contributed by atoms with van der Waals surface area (Å²) in [4.78, 5) is 6.39. The summed E-state index contributed by atoms with van der Waals surface area (Å²) in [5.41, 5.74) is 2.52. The van der Waals surface area contributed by atoms with E-state index in [9.17, 15) is 8.42 Å². The SMILES string of the molecule is CCNC(=NCCS(C)(=O)=O)N(C)Cc1ccc(CC)cc1. The molecule has 0 saturated carbocycles. The van der Waals surface area contributed by atoms with Crippen LogP contribution < -0.4 is 5.32 Å². The molecule has 0 bridgehead atoms. The van der Waals surface area contributed by atoms with E-state index in [1.165, 1.54) is 17.4 Å². The Morgan fingerprint density at radius 1 is 1.18 bits per heavy atom. The maximum Gasteiger partial charge on any atom is 0.193 e. The Kier molecular flexibility index (Phi) is 7.38. The molecule has 0 radical (unpaired) electrons. The summed E-state index contributed by atoms with van der Waals surface area (Å²) in [5.74, 6) is 0.798. The molecule has 1 N–H and O–H groups in total. The highest BCUT2D eigenvalue weighted by Gasteiger charge is 2.07. The number of sulfone groups is 1. The lowest BCUT2D eigenvalue weighted by molar-refractivity contribution is 0.477. The smallest absolute Gasteiger partial charge is 0.193 e. The summed E-state index contributed by atoms with van der Waals surface area (Å²) in [5, 5.41) is 3.19. The predicted octanol–water partition coefficient (Wildman–Crippen LogP) is 1.69. The fourth-order valence-electron chi connectivity index (χ4n) is 2.02. The van der Waals surface area contributed by atoms with E-state index in [1.54, 1.807) is 0 Å². The minimum atomic E-state index is -2.98. The normalized spacial score (nSPS) is 12.3. The molecule has 5 nitrogen and oxygen atoms in total. The Morgan fingerprint density at radius 3 is 2.27 bits per heavy atom. The van der Waals surface area contributed by atoms with Crippen LogP contribution in [0.3, 0.4) is 0 Å². The van der Waals surface area contributed by atoms with Gasteiger partial charge in [0, 0.05) is 26.4 Å². The van der Waals surface area contributed by atoms with Crippen LogP contribution in [0.15, 0.2) is 29.3 Å². The average Bonchev–Trinajstić information content (AvgIpc) is 2.46. The van der Waals surface area contributed by atoms with E-state index in [0.717, 1.165) is 25.5 Å². The Morgan fingerprint density at radius 2 is 1.77 bits per heavy atom. The second kappa shape index (κ2) is 8.78. The molecule has 0 amide bonds. The molecule has 0 aliphatic rings. The van der Waals surface area contributed by atoms with Crippen LogP contribution in [-0.4, -0.2) is 51.4 Å². The fourth-order valence-corrected chi connectivity index (χ4v) is 2.44. The largest absolute Gasteiger partial charge is 0.357 e. The lowest BCUT2D eigenvalue weighted by Gasteiger charge is -2.22. The Bertz CT molecular complexity index is 580. The molecule has 0 unspecified atom stereocenters. The molecular weight excluding hydrogens is 298 g/mol. The standard InChI is InChI=1S/C16H27N3O2S/c1-5-14-7-9-15(10-8-14)13-19(3)16(17-6-2)18-11-12-22(4,20)21/h7-10H,5-6,11-13H2,1-4H3,(H,17,18). The number of aryl methyl sites for hydroxylation is 1. The van der Waals surface area contributed by atoms with E-state index in [4.69, 9.17) is 0 Å². The number of hydrogen-bond acceptors (Lipinski definition) is 3. The molecule has 0 saturated heterocycles. The van der Waals surface area contributed by atoms with Crippen LogP contribution in [0.1, 0.15) is 25.0 Å². The van der Waals surface area contributed by atoms with Crippen molar-refractivity contribution in [2.45, 2.75) is 26.8 Å². The molecule has 1 rings (SSSR count). The zero-order chi connectivity index (χ0) is 16.6. The van der Waals surface area contributed by atoms with Gasteiger partial charge < -0.3 is 10.2 Å². The van der Waals surface area contributed by atoms with Crippen LogP contribution in [0, 0.1) is 0 Å². The van der Waals surface area contributed by atoms with Crippen LogP contribution in [0.25, 0.3) is 0 Å². The van der Waals surface area contributed by atoms with E-state index in [0.29, 0.717) is 0 Å². The van der Waals surface area contributed by atoms with Gasteiger partial charge >= 0.3 is 0 Å². The van der Waals surface area contributed by atoms with Crippen molar-refractivity contribution in [1.82, 2.24) is 10.2 Å². The van der Waals surface area contributed by atoms with Crippen molar-refractivity contribution in [2.75, 3.05) is 32.1 Å². The average molecular weight is 325 g/mol. The van der Waals surface area contributed by atoms with Crippen molar-refractivity contribution in [3.63, 3.8) is 0 Å². The Balaban J connectivity index is 2.70. The zero-order valence-corrected chi connectivity index (χ0v) is 14.8. The van der Waals surface area contributed by atoms with Crippen LogP contribution in [0.4, 0.5) is 0 Å². The summed E-state index contributed by atoms with van der Waals surface area (Å²) in [6.07, 6.45) is 2.26. The molecule has 0 atom stereocenters. The molecule has 0 aromatic heterocycles. The minimum absolute atomic E-state index is 0.0704.